The summed E-state index contributed by atoms with van der Waals surface area (Å²) in [6.45, 7) is 0.982. The molecule has 0 unspecified atom stereocenters. The molecule has 1 aromatic heterocycles. The normalized spacial score (nSPS) is 12.2. The summed E-state index contributed by atoms with van der Waals surface area (Å²) in [5, 5.41) is 4.25. The van der Waals surface area contributed by atoms with Crippen LogP contribution in [0.3, 0.4) is 0 Å². The van der Waals surface area contributed by atoms with Crippen LogP contribution >= 0.6 is 11.3 Å². The van der Waals surface area contributed by atoms with Crippen LogP contribution < -0.4 is 5.32 Å². The minimum Gasteiger partial charge on any atom is -0.348 e. The Morgan fingerprint density at radius 3 is 2.37 bits per heavy atom. The van der Waals surface area contributed by atoms with Gasteiger partial charge in [0.25, 0.3) is 0 Å². The molecule has 0 aliphatic rings. The zero-order valence-corrected chi connectivity index (χ0v) is 17.8. The molecule has 4 aromatic rings. The van der Waals surface area contributed by atoms with Gasteiger partial charge < -0.3 is 5.32 Å². The van der Waals surface area contributed by atoms with E-state index in [1.807, 2.05) is 66.5 Å². The molecule has 30 heavy (non-hydrogen) atoms. The highest BCUT2D eigenvalue weighted by Gasteiger charge is 2.17. The number of amides is 1. The fourth-order valence-electron chi connectivity index (χ4n) is 3.55. The van der Waals surface area contributed by atoms with E-state index in [-0.39, 0.29) is 11.9 Å². The SMILES string of the molecule is CN(CC(=O)N[C@H](Cc1ccccc1)c1ccccc1)Cc1nc2ccccc2s1. The summed E-state index contributed by atoms with van der Waals surface area (Å²) < 4.78 is 1.18. The summed E-state index contributed by atoms with van der Waals surface area (Å²) in [5.74, 6) is 0.0170. The molecule has 1 N–H and O–H groups in total. The lowest BCUT2D eigenvalue weighted by atomic mass is 9.99. The van der Waals surface area contributed by atoms with E-state index in [9.17, 15) is 4.79 Å². The van der Waals surface area contributed by atoms with Crippen molar-refractivity contribution in [2.75, 3.05) is 13.6 Å². The monoisotopic (exact) mass is 415 g/mol. The minimum atomic E-state index is -0.0584. The molecular formula is C25H25N3OS. The van der Waals surface area contributed by atoms with Crippen molar-refractivity contribution in [2.45, 2.75) is 19.0 Å². The molecule has 0 bridgehead atoms. The first-order valence-electron chi connectivity index (χ1n) is 10.1. The Bertz CT molecular complexity index is 1060. The number of thiazole rings is 1. The van der Waals surface area contributed by atoms with Gasteiger partial charge >= 0.3 is 0 Å². The number of rotatable bonds is 8. The highest BCUT2D eigenvalue weighted by Crippen LogP contribution is 2.22. The Hall–Kier alpha value is -3.02. The molecular weight excluding hydrogens is 390 g/mol. The average Bonchev–Trinajstić information content (AvgIpc) is 3.16. The number of carbonyl (C=O) groups excluding carboxylic acids is 1. The van der Waals surface area contributed by atoms with Crippen LogP contribution in [0.5, 0.6) is 0 Å². The van der Waals surface area contributed by atoms with Crippen molar-refractivity contribution in [1.82, 2.24) is 15.2 Å². The standard InChI is InChI=1S/C25H25N3OS/c1-28(18-25-27-21-14-8-9-15-23(21)30-25)17-24(29)26-22(20-12-6-3-7-13-20)16-19-10-4-2-5-11-19/h2-15,22H,16-18H2,1H3,(H,26,29)/t22-/m1/s1. The lowest BCUT2D eigenvalue weighted by Crippen LogP contribution is -2.37. The van der Waals surface area contributed by atoms with E-state index in [2.05, 4.69) is 40.6 Å². The molecule has 1 atom stereocenters. The first-order valence-corrected chi connectivity index (χ1v) is 10.9. The van der Waals surface area contributed by atoms with Crippen LogP contribution in [0.4, 0.5) is 0 Å². The number of aromatic nitrogens is 1. The van der Waals surface area contributed by atoms with Crippen LogP contribution in [0.1, 0.15) is 22.2 Å². The summed E-state index contributed by atoms with van der Waals surface area (Å²) in [6.07, 6.45) is 0.762. The van der Waals surface area contributed by atoms with Crippen LogP contribution in [-0.2, 0) is 17.8 Å². The molecule has 152 valence electrons. The lowest BCUT2D eigenvalue weighted by molar-refractivity contribution is -0.122. The Morgan fingerprint density at radius 1 is 0.967 bits per heavy atom. The zero-order chi connectivity index (χ0) is 20.8. The summed E-state index contributed by atoms with van der Waals surface area (Å²) >= 11 is 1.68. The van der Waals surface area contributed by atoms with Gasteiger partial charge in [0.1, 0.15) is 5.01 Å². The van der Waals surface area contributed by atoms with Gasteiger partial charge in [0.15, 0.2) is 0 Å². The number of nitrogens with one attached hydrogen (secondary N) is 1. The summed E-state index contributed by atoms with van der Waals surface area (Å²) in [6, 6.07) is 28.5. The predicted molar refractivity (Wildman–Crippen MR) is 123 cm³/mol. The molecule has 0 spiro atoms. The second-order valence-corrected chi connectivity index (χ2v) is 8.58. The Balaban J connectivity index is 1.40. The summed E-state index contributed by atoms with van der Waals surface area (Å²) in [7, 11) is 1.96. The molecule has 4 rings (SSSR count). The van der Waals surface area contributed by atoms with Gasteiger partial charge in [-0.25, -0.2) is 4.98 Å². The van der Waals surface area contributed by atoms with Gasteiger partial charge in [-0.3, -0.25) is 9.69 Å². The first kappa shape index (κ1) is 20.3. The Labute approximate surface area is 181 Å². The second kappa shape index (κ2) is 9.65. The van der Waals surface area contributed by atoms with E-state index in [0.29, 0.717) is 13.1 Å². The van der Waals surface area contributed by atoms with E-state index in [4.69, 9.17) is 0 Å². The number of nitrogens with zero attached hydrogens (tertiary/aromatic N) is 2. The third kappa shape index (κ3) is 5.32. The van der Waals surface area contributed by atoms with Crippen LogP contribution in [0.25, 0.3) is 10.2 Å². The van der Waals surface area contributed by atoms with E-state index < -0.39 is 0 Å². The molecule has 1 amide bonds. The Morgan fingerprint density at radius 2 is 1.63 bits per heavy atom. The molecule has 0 aliphatic heterocycles. The van der Waals surface area contributed by atoms with Crippen LogP contribution in [0, 0.1) is 0 Å². The number of carbonyl (C=O) groups is 1. The van der Waals surface area contributed by atoms with Crippen LogP contribution in [0.15, 0.2) is 84.9 Å². The molecule has 3 aromatic carbocycles. The molecule has 0 radical (unpaired) electrons. The predicted octanol–water partition coefficient (Wildman–Crippen LogP) is 4.83. The van der Waals surface area contributed by atoms with Gasteiger partial charge in [0.05, 0.1) is 29.3 Å². The summed E-state index contributed by atoms with van der Waals surface area (Å²) in [4.78, 5) is 19.5. The third-order valence-corrected chi connectivity index (χ3v) is 6.00. The van der Waals surface area contributed by atoms with Crippen molar-refractivity contribution in [3.8, 4) is 0 Å². The van der Waals surface area contributed by atoms with Gasteiger partial charge in [-0.05, 0) is 36.7 Å². The minimum absolute atomic E-state index is 0.0170. The maximum Gasteiger partial charge on any atom is 0.234 e. The Kier molecular flexibility index (Phi) is 6.52. The van der Waals surface area contributed by atoms with Crippen molar-refractivity contribution in [2.24, 2.45) is 0 Å². The first-order chi connectivity index (χ1) is 14.7. The van der Waals surface area contributed by atoms with Crippen LogP contribution in [0.2, 0.25) is 0 Å². The van der Waals surface area contributed by atoms with E-state index in [0.717, 1.165) is 22.5 Å². The van der Waals surface area contributed by atoms with Gasteiger partial charge in [-0.1, -0.05) is 72.8 Å². The molecule has 4 nitrogen and oxygen atoms in total. The number of fused-ring (bicyclic) bond motifs is 1. The average molecular weight is 416 g/mol. The number of hydrogen-bond donors (Lipinski definition) is 1. The van der Waals surface area contributed by atoms with Crippen molar-refractivity contribution in [3.05, 3.63) is 101 Å². The van der Waals surface area contributed by atoms with Gasteiger partial charge in [0.2, 0.25) is 5.91 Å². The highest BCUT2D eigenvalue weighted by molar-refractivity contribution is 7.18. The largest absolute Gasteiger partial charge is 0.348 e. The number of hydrogen-bond acceptors (Lipinski definition) is 4. The van der Waals surface area contributed by atoms with Gasteiger partial charge in [-0.15, -0.1) is 11.3 Å². The highest BCUT2D eigenvalue weighted by atomic mass is 32.1. The van der Waals surface area contributed by atoms with Crippen molar-refractivity contribution in [1.29, 1.82) is 0 Å². The summed E-state index contributed by atoms with van der Waals surface area (Å²) in [5.41, 5.74) is 3.33. The van der Waals surface area contributed by atoms with Crippen molar-refractivity contribution in [3.63, 3.8) is 0 Å². The molecule has 0 saturated heterocycles. The molecule has 5 heteroatoms. The van der Waals surface area contributed by atoms with Gasteiger partial charge in [0, 0.05) is 0 Å². The van der Waals surface area contributed by atoms with E-state index >= 15 is 0 Å². The molecule has 0 aliphatic carbocycles. The maximum absolute atomic E-state index is 12.8. The van der Waals surface area contributed by atoms with Crippen molar-refractivity contribution >= 4 is 27.5 Å². The van der Waals surface area contributed by atoms with Gasteiger partial charge in [-0.2, -0.15) is 0 Å². The molecule has 0 fully saturated rings. The quantitative estimate of drug-likeness (QED) is 0.448. The molecule has 0 saturated carbocycles. The van der Waals surface area contributed by atoms with Crippen molar-refractivity contribution < 1.29 is 4.79 Å². The lowest BCUT2D eigenvalue weighted by Gasteiger charge is -2.22. The smallest absolute Gasteiger partial charge is 0.234 e. The third-order valence-electron chi connectivity index (χ3n) is 4.98. The van der Waals surface area contributed by atoms with Crippen LogP contribution in [-0.4, -0.2) is 29.4 Å². The number of para-hydroxylation sites is 1. The number of likely N-dealkylation sites (N-methyl/N-ethyl adjacent to an activating group) is 1. The fraction of sp³-hybridized carbons (Fsp3) is 0.200. The van der Waals surface area contributed by atoms with E-state index in [1.165, 1.54) is 10.3 Å². The fourth-order valence-corrected chi connectivity index (χ4v) is 4.59. The number of benzene rings is 3. The maximum atomic E-state index is 12.8. The van der Waals surface area contributed by atoms with E-state index in [1.54, 1.807) is 11.3 Å². The molecule has 1 heterocycles. The second-order valence-electron chi connectivity index (χ2n) is 7.47. The zero-order valence-electron chi connectivity index (χ0n) is 17.0. The topological polar surface area (TPSA) is 45.2 Å².